The van der Waals surface area contributed by atoms with E-state index in [9.17, 15) is 0 Å². The highest BCUT2D eigenvalue weighted by atomic mass is 32.1. The predicted molar refractivity (Wildman–Crippen MR) is 86.4 cm³/mol. The maximum absolute atomic E-state index is 5.44. The summed E-state index contributed by atoms with van der Waals surface area (Å²) in [5.41, 5.74) is 2.32. The second-order valence-electron chi connectivity index (χ2n) is 5.15. The number of rotatable bonds is 3. The molecule has 106 valence electrons. The highest BCUT2D eigenvalue weighted by Gasteiger charge is 2.15. The van der Waals surface area contributed by atoms with Crippen LogP contribution in [0.4, 0.5) is 5.69 Å². The summed E-state index contributed by atoms with van der Waals surface area (Å²) < 4.78 is 12.1. The van der Waals surface area contributed by atoms with Gasteiger partial charge in [-0.25, -0.2) is 0 Å². The minimum absolute atomic E-state index is 0.204. The van der Waals surface area contributed by atoms with Crippen LogP contribution < -0.4 is 14.8 Å². The lowest BCUT2D eigenvalue weighted by molar-refractivity contribution is 0.174. The van der Waals surface area contributed by atoms with E-state index in [1.54, 1.807) is 11.3 Å². The SMILES string of the molecule is CC(Nc1ccc2sccc2c1)c1ccc2c(c1)OCO2. The third kappa shape index (κ3) is 2.32. The Kier molecular flexibility index (Phi) is 2.97. The van der Waals surface area contributed by atoms with Crippen molar-refractivity contribution >= 4 is 27.1 Å². The van der Waals surface area contributed by atoms with Crippen LogP contribution in [0, 0.1) is 0 Å². The molecular weight excluding hydrogens is 282 g/mol. The first-order valence-corrected chi connectivity index (χ1v) is 7.81. The number of nitrogens with one attached hydrogen (secondary N) is 1. The first kappa shape index (κ1) is 12.5. The van der Waals surface area contributed by atoms with Crippen molar-refractivity contribution < 1.29 is 9.47 Å². The van der Waals surface area contributed by atoms with E-state index in [4.69, 9.17) is 9.47 Å². The molecule has 0 amide bonds. The van der Waals surface area contributed by atoms with Gasteiger partial charge in [0.15, 0.2) is 11.5 Å². The molecule has 1 aromatic heterocycles. The predicted octanol–water partition coefficient (Wildman–Crippen LogP) is 4.80. The normalized spacial score (nSPS) is 14.3. The van der Waals surface area contributed by atoms with Crippen LogP contribution in [-0.2, 0) is 0 Å². The molecule has 3 aromatic rings. The Morgan fingerprint density at radius 3 is 2.90 bits per heavy atom. The van der Waals surface area contributed by atoms with Crippen LogP contribution >= 0.6 is 11.3 Å². The summed E-state index contributed by atoms with van der Waals surface area (Å²) in [6.45, 7) is 2.46. The largest absolute Gasteiger partial charge is 0.454 e. The lowest BCUT2D eigenvalue weighted by Gasteiger charge is -2.16. The molecule has 1 atom stereocenters. The van der Waals surface area contributed by atoms with E-state index in [0.29, 0.717) is 6.79 Å². The second-order valence-corrected chi connectivity index (χ2v) is 6.10. The van der Waals surface area contributed by atoms with Crippen molar-refractivity contribution in [2.45, 2.75) is 13.0 Å². The monoisotopic (exact) mass is 297 g/mol. The molecule has 2 heterocycles. The molecule has 3 nitrogen and oxygen atoms in total. The summed E-state index contributed by atoms with van der Waals surface area (Å²) in [6, 6.07) is 14.9. The van der Waals surface area contributed by atoms with E-state index in [-0.39, 0.29) is 6.04 Å². The summed E-state index contributed by atoms with van der Waals surface area (Å²) in [5, 5.41) is 6.94. The second kappa shape index (κ2) is 4.97. The number of ether oxygens (including phenoxy) is 2. The van der Waals surface area contributed by atoms with Crippen molar-refractivity contribution in [2.75, 3.05) is 12.1 Å². The van der Waals surface area contributed by atoms with E-state index in [0.717, 1.165) is 17.2 Å². The number of thiophene rings is 1. The fraction of sp³-hybridized carbons (Fsp3) is 0.176. The molecule has 1 aliphatic heterocycles. The van der Waals surface area contributed by atoms with Gasteiger partial charge in [-0.2, -0.15) is 0 Å². The highest BCUT2D eigenvalue weighted by Crippen LogP contribution is 2.35. The zero-order valence-corrected chi connectivity index (χ0v) is 12.4. The molecule has 0 spiro atoms. The van der Waals surface area contributed by atoms with Gasteiger partial charge in [-0.3, -0.25) is 0 Å². The van der Waals surface area contributed by atoms with Crippen LogP contribution in [0.1, 0.15) is 18.5 Å². The zero-order chi connectivity index (χ0) is 14.2. The van der Waals surface area contributed by atoms with E-state index in [1.807, 2.05) is 12.1 Å². The highest BCUT2D eigenvalue weighted by molar-refractivity contribution is 7.17. The van der Waals surface area contributed by atoms with Gasteiger partial charge < -0.3 is 14.8 Å². The molecule has 21 heavy (non-hydrogen) atoms. The third-order valence-electron chi connectivity index (χ3n) is 3.73. The average molecular weight is 297 g/mol. The van der Waals surface area contributed by atoms with Crippen LogP contribution in [0.3, 0.4) is 0 Å². The van der Waals surface area contributed by atoms with Crippen LogP contribution in [0.5, 0.6) is 11.5 Å². The van der Waals surface area contributed by atoms with Gasteiger partial charge in [0.25, 0.3) is 0 Å². The standard InChI is InChI=1S/C17H15NO2S/c1-11(12-2-4-15-16(9-12)20-10-19-15)18-14-3-5-17-13(8-14)6-7-21-17/h2-9,11,18H,10H2,1H3. The van der Waals surface area contributed by atoms with Gasteiger partial charge in [-0.1, -0.05) is 6.07 Å². The lowest BCUT2D eigenvalue weighted by atomic mass is 10.1. The molecule has 0 saturated heterocycles. The van der Waals surface area contributed by atoms with Crippen molar-refractivity contribution in [3.05, 3.63) is 53.4 Å². The summed E-state index contributed by atoms with van der Waals surface area (Å²) in [7, 11) is 0. The van der Waals surface area contributed by atoms with Gasteiger partial charge >= 0.3 is 0 Å². The summed E-state index contributed by atoms with van der Waals surface area (Å²) in [6.07, 6.45) is 0. The fourth-order valence-electron chi connectivity index (χ4n) is 2.57. The number of anilines is 1. The topological polar surface area (TPSA) is 30.5 Å². The van der Waals surface area contributed by atoms with Gasteiger partial charge in [0.1, 0.15) is 0 Å². The molecule has 1 aliphatic rings. The van der Waals surface area contributed by atoms with Crippen LogP contribution in [-0.4, -0.2) is 6.79 Å². The Balaban J connectivity index is 1.58. The molecule has 4 heteroatoms. The number of hydrogen-bond acceptors (Lipinski definition) is 4. The van der Waals surface area contributed by atoms with Crippen molar-refractivity contribution in [1.82, 2.24) is 0 Å². The van der Waals surface area contributed by atoms with E-state index in [2.05, 4.69) is 48.0 Å². The Morgan fingerprint density at radius 2 is 1.95 bits per heavy atom. The summed E-state index contributed by atoms with van der Waals surface area (Å²) in [4.78, 5) is 0. The molecule has 2 aromatic carbocycles. The average Bonchev–Trinajstić information content (AvgIpc) is 3.14. The Bertz CT molecular complexity index is 796. The minimum atomic E-state index is 0.204. The first-order valence-electron chi connectivity index (χ1n) is 6.93. The maximum atomic E-state index is 5.44. The van der Waals surface area contributed by atoms with Crippen molar-refractivity contribution in [1.29, 1.82) is 0 Å². The van der Waals surface area contributed by atoms with Gasteiger partial charge in [0.2, 0.25) is 6.79 Å². The van der Waals surface area contributed by atoms with Gasteiger partial charge in [-0.05, 0) is 59.7 Å². The number of fused-ring (bicyclic) bond motifs is 2. The molecule has 1 N–H and O–H groups in total. The molecule has 0 saturated carbocycles. The van der Waals surface area contributed by atoms with Gasteiger partial charge in [0.05, 0.1) is 0 Å². The van der Waals surface area contributed by atoms with E-state index in [1.165, 1.54) is 15.6 Å². The van der Waals surface area contributed by atoms with Gasteiger partial charge in [-0.15, -0.1) is 11.3 Å². The minimum Gasteiger partial charge on any atom is -0.454 e. The van der Waals surface area contributed by atoms with Crippen LogP contribution in [0.2, 0.25) is 0 Å². The Labute approximate surface area is 127 Å². The maximum Gasteiger partial charge on any atom is 0.231 e. The molecule has 1 unspecified atom stereocenters. The molecular formula is C17H15NO2S. The molecule has 0 bridgehead atoms. The smallest absolute Gasteiger partial charge is 0.231 e. The Morgan fingerprint density at radius 1 is 1.05 bits per heavy atom. The third-order valence-corrected chi connectivity index (χ3v) is 4.63. The van der Waals surface area contributed by atoms with Crippen molar-refractivity contribution in [2.24, 2.45) is 0 Å². The van der Waals surface area contributed by atoms with E-state index < -0.39 is 0 Å². The van der Waals surface area contributed by atoms with Crippen LogP contribution in [0.15, 0.2) is 47.8 Å². The number of benzene rings is 2. The summed E-state index contributed by atoms with van der Waals surface area (Å²) >= 11 is 1.77. The van der Waals surface area contributed by atoms with Crippen molar-refractivity contribution in [3.63, 3.8) is 0 Å². The van der Waals surface area contributed by atoms with Gasteiger partial charge in [0, 0.05) is 16.4 Å². The lowest BCUT2D eigenvalue weighted by Crippen LogP contribution is -2.06. The van der Waals surface area contributed by atoms with Crippen LogP contribution in [0.25, 0.3) is 10.1 Å². The molecule has 0 radical (unpaired) electrons. The summed E-state index contributed by atoms with van der Waals surface area (Å²) in [5.74, 6) is 1.65. The first-order chi connectivity index (χ1) is 10.3. The quantitative estimate of drug-likeness (QED) is 0.753. The molecule has 4 rings (SSSR count). The zero-order valence-electron chi connectivity index (χ0n) is 11.6. The molecule has 0 fully saturated rings. The van der Waals surface area contributed by atoms with Crippen molar-refractivity contribution in [3.8, 4) is 11.5 Å². The van der Waals surface area contributed by atoms with E-state index >= 15 is 0 Å². The number of hydrogen-bond donors (Lipinski definition) is 1. The fourth-order valence-corrected chi connectivity index (χ4v) is 3.34. The Hall–Kier alpha value is -2.20. The molecule has 0 aliphatic carbocycles.